The van der Waals surface area contributed by atoms with Gasteiger partial charge in [-0.2, -0.15) is 13.2 Å². The van der Waals surface area contributed by atoms with Crippen LogP contribution in [0.15, 0.2) is 0 Å². The van der Waals surface area contributed by atoms with Crippen molar-refractivity contribution in [2.24, 2.45) is 0 Å². The Balaban J connectivity index is 3.11. The van der Waals surface area contributed by atoms with Crippen LogP contribution >= 0.6 is 28.3 Å². The Morgan fingerprint density at radius 2 is 1.88 bits per heavy atom. The Hall–Kier alpha value is 0.950. The molecule has 0 radical (unpaired) electrons. The zero-order valence-electron chi connectivity index (χ0n) is 3.93. The molecule has 8 heavy (non-hydrogen) atoms. The van der Waals surface area contributed by atoms with Gasteiger partial charge in [0.25, 0.3) is 0 Å². The van der Waals surface area contributed by atoms with E-state index in [-0.39, 0.29) is 6.16 Å². The van der Waals surface area contributed by atoms with Crippen molar-refractivity contribution in [3.8, 4) is 0 Å². The Labute approximate surface area is 60.5 Å². The topological polar surface area (TPSA) is 0 Å². The van der Waals surface area contributed by atoms with Crippen molar-refractivity contribution in [3.05, 3.63) is 0 Å². The lowest BCUT2D eigenvalue weighted by molar-refractivity contribution is -0.129. The van der Waals surface area contributed by atoms with Crippen LogP contribution in [0.5, 0.6) is 0 Å². The van der Waals surface area contributed by atoms with E-state index in [1.807, 2.05) is 22.0 Å². The van der Waals surface area contributed by atoms with E-state index in [1.54, 1.807) is 0 Å². The molecule has 0 spiro atoms. The summed E-state index contributed by atoms with van der Waals surface area (Å²) in [5.74, 6) is 0. The van der Waals surface area contributed by atoms with Crippen LogP contribution < -0.4 is 0 Å². The normalized spacial score (nSPS) is 13.5. The van der Waals surface area contributed by atoms with Crippen LogP contribution in [0.3, 0.4) is 0 Å². The first-order chi connectivity index (χ1) is 3.56. The maximum atomic E-state index is 11.2. The van der Waals surface area contributed by atoms with Gasteiger partial charge in [-0.25, -0.2) is 0 Å². The van der Waals surface area contributed by atoms with E-state index < -0.39 is 12.6 Å². The Morgan fingerprint density at radius 1 is 1.38 bits per heavy atom. The quantitative estimate of drug-likeness (QED) is 0.526. The summed E-state index contributed by atoms with van der Waals surface area (Å²) in [6.07, 6.45) is -3.93. The third kappa shape index (κ3) is 6.95. The van der Waals surface area contributed by atoms with Gasteiger partial charge in [-0.15, -0.1) is 0 Å². The largest absolute Gasteiger partial charge is 0.389 e. The Kier molecular flexibility index (Phi) is 4.34. The lowest BCUT2D eigenvalue weighted by atomic mass is 10.5. The van der Waals surface area contributed by atoms with Gasteiger partial charge in [0.2, 0.25) is 0 Å². The fraction of sp³-hybridized carbons (Fsp3) is 1.00. The third-order valence-electron chi connectivity index (χ3n) is 0.503. The van der Waals surface area contributed by atoms with Gasteiger partial charge in [0.1, 0.15) is 0 Å². The molecule has 0 amide bonds. The molecule has 0 aliphatic heterocycles. The van der Waals surface area contributed by atoms with Crippen molar-refractivity contribution >= 4 is 28.3 Å². The number of rotatable bonds is 2. The van der Waals surface area contributed by atoms with Gasteiger partial charge < -0.3 is 0 Å². The average Bonchev–Trinajstić information content (AvgIpc) is 1.59. The van der Waals surface area contributed by atoms with Gasteiger partial charge in [0, 0.05) is 6.42 Å². The number of hydrogen-bond acceptors (Lipinski definition) is 0. The molecule has 0 aromatic carbocycles. The highest BCUT2D eigenvalue weighted by molar-refractivity contribution is 14.2. The minimum atomic E-state index is -3.95. The van der Waals surface area contributed by atoms with E-state index in [4.69, 9.17) is 0 Å². The fourth-order valence-electron chi connectivity index (χ4n) is 0.189. The molecule has 0 aromatic heterocycles. The van der Waals surface area contributed by atoms with Crippen LogP contribution in [-0.4, -0.2) is 12.3 Å². The smallest absolute Gasteiger partial charge is 0.171 e. The molecule has 0 fully saturated rings. The molecule has 0 aliphatic carbocycles. The van der Waals surface area contributed by atoms with Gasteiger partial charge in [0.05, 0.1) is 0 Å². The second kappa shape index (κ2) is 3.88. The van der Waals surface area contributed by atoms with Crippen LogP contribution in [0.1, 0.15) is 6.42 Å². The van der Waals surface area contributed by atoms with Crippen molar-refractivity contribution < 1.29 is 13.2 Å². The predicted molar refractivity (Wildman–Crippen MR) is 37.9 cm³/mol. The highest BCUT2D eigenvalue weighted by Gasteiger charge is 2.25. The van der Waals surface area contributed by atoms with E-state index in [0.29, 0.717) is 6.22 Å². The molecule has 50 valence electrons. The molecule has 0 heterocycles. The first-order valence-electron chi connectivity index (χ1n) is 1.96. The molecule has 1 unspecified atom stereocenters. The van der Waals surface area contributed by atoms with E-state index in [0.717, 1.165) is 0 Å². The monoisotopic (exact) mass is 256 g/mol. The van der Waals surface area contributed by atoms with Crippen LogP contribution in [-0.2, 0) is 0 Å². The second-order valence-electron chi connectivity index (χ2n) is 1.25. The van der Waals surface area contributed by atoms with Gasteiger partial charge in [-0.1, -0.05) is 28.3 Å². The molecular weight excluding hydrogens is 251 g/mol. The fourth-order valence-corrected chi connectivity index (χ4v) is 1.38. The lowest BCUT2D eigenvalue weighted by Gasteiger charge is -2.01. The molecule has 0 saturated carbocycles. The Morgan fingerprint density at radius 3 is 2.00 bits per heavy atom. The SMILES string of the molecule is FC(F)(F)CCPI. The first-order valence-corrected chi connectivity index (χ1v) is 6.28. The molecule has 0 saturated heterocycles. The highest BCUT2D eigenvalue weighted by atomic mass is 127. The number of halogens is 4. The summed E-state index contributed by atoms with van der Waals surface area (Å²) >= 11 is 1.96. The summed E-state index contributed by atoms with van der Waals surface area (Å²) in [6, 6.07) is 0. The third-order valence-corrected chi connectivity index (χ3v) is 2.56. The Bertz CT molecular complexity index is 62.0. The van der Waals surface area contributed by atoms with Crippen LogP contribution in [0.2, 0.25) is 0 Å². The lowest BCUT2D eigenvalue weighted by Crippen LogP contribution is -2.06. The zero-order valence-corrected chi connectivity index (χ0v) is 7.08. The molecule has 5 heteroatoms. The molecule has 0 bridgehead atoms. The molecule has 0 aromatic rings. The highest BCUT2D eigenvalue weighted by Crippen LogP contribution is 2.28. The molecule has 0 rings (SSSR count). The van der Waals surface area contributed by atoms with Gasteiger partial charge >= 0.3 is 6.18 Å². The van der Waals surface area contributed by atoms with Crippen molar-refractivity contribution in [1.82, 2.24) is 0 Å². The summed E-state index contributed by atoms with van der Waals surface area (Å²) in [5.41, 5.74) is 0. The van der Waals surface area contributed by atoms with Crippen molar-refractivity contribution in [1.29, 1.82) is 0 Å². The van der Waals surface area contributed by atoms with Gasteiger partial charge in [0.15, 0.2) is 0 Å². The van der Waals surface area contributed by atoms with E-state index in [9.17, 15) is 13.2 Å². The molecule has 1 atom stereocenters. The van der Waals surface area contributed by atoms with Gasteiger partial charge in [-0.05, 0) is 6.16 Å². The maximum absolute atomic E-state index is 11.2. The van der Waals surface area contributed by atoms with Crippen molar-refractivity contribution in [2.75, 3.05) is 6.16 Å². The summed E-state index contributed by atoms with van der Waals surface area (Å²) in [4.78, 5) is 0. The maximum Gasteiger partial charge on any atom is 0.389 e. The van der Waals surface area contributed by atoms with E-state index in [2.05, 4.69) is 0 Å². The zero-order chi connectivity index (χ0) is 6.62. The van der Waals surface area contributed by atoms with Crippen LogP contribution in [0.4, 0.5) is 13.2 Å². The van der Waals surface area contributed by atoms with Crippen LogP contribution in [0.25, 0.3) is 0 Å². The van der Waals surface area contributed by atoms with Crippen molar-refractivity contribution in [2.45, 2.75) is 12.6 Å². The summed E-state index contributed by atoms with van der Waals surface area (Å²) in [5, 5.41) is 0. The first kappa shape index (κ1) is 8.95. The summed E-state index contributed by atoms with van der Waals surface area (Å²) in [6.45, 7) is 0. The van der Waals surface area contributed by atoms with Crippen molar-refractivity contribution in [3.63, 3.8) is 0 Å². The second-order valence-corrected chi connectivity index (χ2v) is 4.30. The molecule has 0 N–H and O–H groups in total. The minimum Gasteiger partial charge on any atom is -0.171 e. The van der Waals surface area contributed by atoms with E-state index in [1.165, 1.54) is 0 Å². The van der Waals surface area contributed by atoms with E-state index >= 15 is 0 Å². The average molecular weight is 256 g/mol. The van der Waals surface area contributed by atoms with Gasteiger partial charge in [-0.3, -0.25) is 0 Å². The predicted octanol–water partition coefficient (Wildman–Crippen LogP) is 2.97. The molecule has 0 aliphatic rings. The summed E-state index contributed by atoms with van der Waals surface area (Å²) < 4.78 is 33.7. The van der Waals surface area contributed by atoms with Crippen LogP contribution in [0, 0.1) is 0 Å². The molecular formula is C3H5F3IP. The summed E-state index contributed by atoms with van der Waals surface area (Å²) in [7, 11) is 0. The standard InChI is InChI=1S/C3H5F3IP/c4-3(5,6)1-2-8-7/h8H,1-2H2. The molecule has 0 nitrogen and oxygen atoms in total. The number of alkyl halides is 3. The minimum absolute atomic E-state index is 0.268. The number of hydrogen-bond donors (Lipinski definition) is 0.